The number of amides is 1. The van der Waals surface area contributed by atoms with E-state index < -0.39 is 33.9 Å². The molecule has 2 atom stereocenters. The topological polar surface area (TPSA) is 116 Å². The quantitative estimate of drug-likeness (QED) is 0.668. The van der Waals surface area contributed by atoms with Crippen LogP contribution in [0.15, 0.2) is 59.5 Å². The SMILES string of the molecule is COc1ccc(S(=O)(=O)N2CCC[C@H](C(=O)O[C@@H](C(N)=O)c3ccccc3)C2)cc1. The number of carbonyl (C=O) groups is 2. The van der Waals surface area contributed by atoms with Crippen molar-refractivity contribution in [1.29, 1.82) is 0 Å². The van der Waals surface area contributed by atoms with Crippen LogP contribution in [-0.4, -0.2) is 44.8 Å². The van der Waals surface area contributed by atoms with E-state index in [1.165, 1.54) is 23.5 Å². The van der Waals surface area contributed by atoms with E-state index in [9.17, 15) is 18.0 Å². The van der Waals surface area contributed by atoms with Gasteiger partial charge in [-0.2, -0.15) is 4.31 Å². The number of benzene rings is 2. The van der Waals surface area contributed by atoms with E-state index in [-0.39, 0.29) is 11.4 Å². The number of esters is 1. The van der Waals surface area contributed by atoms with Crippen molar-refractivity contribution in [3.63, 3.8) is 0 Å². The molecule has 2 aromatic rings. The van der Waals surface area contributed by atoms with Crippen LogP contribution in [0.5, 0.6) is 5.75 Å². The van der Waals surface area contributed by atoms with Gasteiger partial charge in [-0.1, -0.05) is 30.3 Å². The number of hydrogen-bond acceptors (Lipinski definition) is 6. The minimum atomic E-state index is -3.77. The second kappa shape index (κ2) is 9.27. The summed E-state index contributed by atoms with van der Waals surface area (Å²) in [5.41, 5.74) is 5.88. The van der Waals surface area contributed by atoms with Gasteiger partial charge in [0.25, 0.3) is 5.91 Å². The van der Waals surface area contributed by atoms with E-state index in [4.69, 9.17) is 15.2 Å². The number of primary amides is 1. The van der Waals surface area contributed by atoms with Gasteiger partial charge >= 0.3 is 5.97 Å². The van der Waals surface area contributed by atoms with Crippen molar-refractivity contribution in [1.82, 2.24) is 4.31 Å². The molecule has 2 N–H and O–H groups in total. The van der Waals surface area contributed by atoms with Crippen LogP contribution >= 0.6 is 0 Å². The predicted octanol–water partition coefficient (Wildman–Crippen LogP) is 1.87. The molecule has 30 heavy (non-hydrogen) atoms. The zero-order valence-corrected chi connectivity index (χ0v) is 17.4. The Hall–Kier alpha value is -2.91. The smallest absolute Gasteiger partial charge is 0.311 e. The van der Waals surface area contributed by atoms with Gasteiger partial charge in [0.1, 0.15) is 5.75 Å². The standard InChI is InChI=1S/C21H24N2O6S/c1-28-17-9-11-18(12-10-17)30(26,27)23-13-5-8-16(14-23)21(25)29-19(20(22)24)15-6-3-2-4-7-15/h2-4,6-7,9-12,16,19H,5,8,13-14H2,1H3,(H2,22,24)/t16-,19+/m0/s1. The van der Waals surface area contributed by atoms with Gasteiger partial charge in [0.05, 0.1) is 17.9 Å². The number of nitrogens with two attached hydrogens (primary N) is 1. The fourth-order valence-corrected chi connectivity index (χ4v) is 4.90. The molecule has 160 valence electrons. The fourth-order valence-electron chi connectivity index (χ4n) is 3.38. The van der Waals surface area contributed by atoms with E-state index in [1.807, 2.05) is 0 Å². The zero-order valence-electron chi connectivity index (χ0n) is 16.6. The maximum atomic E-state index is 13.0. The Morgan fingerprint density at radius 3 is 2.37 bits per heavy atom. The van der Waals surface area contributed by atoms with Crippen molar-refractivity contribution in [2.24, 2.45) is 11.7 Å². The summed E-state index contributed by atoms with van der Waals surface area (Å²) < 4.78 is 37.6. The second-order valence-electron chi connectivity index (χ2n) is 7.01. The van der Waals surface area contributed by atoms with Crippen molar-refractivity contribution in [3.05, 3.63) is 60.2 Å². The van der Waals surface area contributed by atoms with Crippen molar-refractivity contribution in [2.45, 2.75) is 23.8 Å². The van der Waals surface area contributed by atoms with Gasteiger partial charge < -0.3 is 15.2 Å². The molecule has 9 heteroatoms. The molecule has 0 radical (unpaired) electrons. The van der Waals surface area contributed by atoms with Gasteiger partial charge in [-0.05, 0) is 37.1 Å². The third-order valence-corrected chi connectivity index (χ3v) is 6.89. The highest BCUT2D eigenvalue weighted by molar-refractivity contribution is 7.89. The summed E-state index contributed by atoms with van der Waals surface area (Å²) in [5.74, 6) is -1.56. The predicted molar refractivity (Wildman–Crippen MR) is 109 cm³/mol. The molecule has 1 fully saturated rings. The molecular weight excluding hydrogens is 408 g/mol. The Morgan fingerprint density at radius 1 is 1.10 bits per heavy atom. The number of piperidine rings is 1. The Bertz CT molecular complexity index is 992. The average molecular weight is 432 g/mol. The van der Waals surface area contributed by atoms with E-state index in [0.29, 0.717) is 30.7 Å². The zero-order chi connectivity index (χ0) is 21.7. The molecule has 3 rings (SSSR count). The number of nitrogens with zero attached hydrogens (tertiary/aromatic N) is 1. The van der Waals surface area contributed by atoms with Crippen LogP contribution in [0.4, 0.5) is 0 Å². The summed E-state index contributed by atoms with van der Waals surface area (Å²) in [6.07, 6.45) is -0.248. The highest BCUT2D eigenvalue weighted by Crippen LogP contribution is 2.27. The molecule has 0 unspecified atom stereocenters. The number of hydrogen-bond donors (Lipinski definition) is 1. The number of sulfonamides is 1. The lowest BCUT2D eigenvalue weighted by molar-refractivity contribution is -0.160. The summed E-state index contributed by atoms with van der Waals surface area (Å²) in [6.45, 7) is 0.281. The first-order chi connectivity index (χ1) is 14.3. The van der Waals surface area contributed by atoms with E-state index in [2.05, 4.69) is 0 Å². The molecule has 0 spiro atoms. The number of ether oxygens (including phenoxy) is 2. The first kappa shape index (κ1) is 21.8. The van der Waals surface area contributed by atoms with Crippen LogP contribution in [-0.2, 0) is 24.3 Å². The fraction of sp³-hybridized carbons (Fsp3) is 0.333. The Labute approximate surface area is 175 Å². The average Bonchev–Trinajstić information content (AvgIpc) is 2.77. The van der Waals surface area contributed by atoms with Crippen LogP contribution in [0.2, 0.25) is 0 Å². The van der Waals surface area contributed by atoms with E-state index in [1.54, 1.807) is 42.5 Å². The number of carbonyl (C=O) groups excluding carboxylic acids is 2. The molecule has 1 heterocycles. The third kappa shape index (κ3) is 4.80. The normalized spacial score (nSPS) is 18.4. The van der Waals surface area contributed by atoms with Gasteiger partial charge in [-0.25, -0.2) is 8.42 Å². The van der Waals surface area contributed by atoms with Crippen molar-refractivity contribution in [3.8, 4) is 5.75 Å². The van der Waals surface area contributed by atoms with Gasteiger partial charge in [0.15, 0.2) is 0 Å². The first-order valence-corrected chi connectivity index (χ1v) is 11.0. The minimum Gasteiger partial charge on any atom is -0.497 e. The lowest BCUT2D eigenvalue weighted by Crippen LogP contribution is -2.43. The Balaban J connectivity index is 1.73. The summed E-state index contributed by atoms with van der Waals surface area (Å²) in [7, 11) is -2.27. The third-order valence-electron chi connectivity index (χ3n) is 5.01. The highest BCUT2D eigenvalue weighted by Gasteiger charge is 2.35. The molecule has 1 aliphatic heterocycles. The molecule has 0 aromatic heterocycles. The molecule has 0 saturated carbocycles. The number of methoxy groups -OCH3 is 1. The molecule has 2 aromatic carbocycles. The maximum Gasteiger partial charge on any atom is 0.311 e. The second-order valence-corrected chi connectivity index (χ2v) is 8.95. The van der Waals surface area contributed by atoms with Crippen LogP contribution in [0.25, 0.3) is 0 Å². The summed E-state index contributed by atoms with van der Waals surface area (Å²) in [6, 6.07) is 14.6. The van der Waals surface area contributed by atoms with Crippen LogP contribution in [0, 0.1) is 5.92 Å². The van der Waals surface area contributed by atoms with Gasteiger partial charge in [-0.3, -0.25) is 9.59 Å². The van der Waals surface area contributed by atoms with Crippen LogP contribution < -0.4 is 10.5 Å². The van der Waals surface area contributed by atoms with E-state index in [0.717, 1.165) is 0 Å². The summed E-state index contributed by atoms with van der Waals surface area (Å²) in [5, 5.41) is 0. The molecular formula is C21H24N2O6S. The molecule has 8 nitrogen and oxygen atoms in total. The van der Waals surface area contributed by atoms with Crippen LogP contribution in [0.1, 0.15) is 24.5 Å². The maximum absolute atomic E-state index is 13.0. The van der Waals surface area contributed by atoms with Crippen molar-refractivity contribution < 1.29 is 27.5 Å². The Kier molecular flexibility index (Phi) is 6.73. The first-order valence-electron chi connectivity index (χ1n) is 9.52. The number of rotatable bonds is 7. The Morgan fingerprint density at radius 2 is 1.77 bits per heavy atom. The molecule has 0 aliphatic carbocycles. The lowest BCUT2D eigenvalue weighted by atomic mass is 9.99. The molecule has 1 saturated heterocycles. The van der Waals surface area contributed by atoms with Gasteiger partial charge in [-0.15, -0.1) is 0 Å². The van der Waals surface area contributed by atoms with Gasteiger partial charge in [0.2, 0.25) is 16.1 Å². The molecule has 1 aliphatic rings. The minimum absolute atomic E-state index is 0.0204. The highest BCUT2D eigenvalue weighted by atomic mass is 32.2. The summed E-state index contributed by atoms with van der Waals surface area (Å²) >= 11 is 0. The lowest BCUT2D eigenvalue weighted by Gasteiger charge is -2.31. The van der Waals surface area contributed by atoms with Crippen molar-refractivity contribution in [2.75, 3.05) is 20.2 Å². The van der Waals surface area contributed by atoms with Crippen molar-refractivity contribution >= 4 is 21.9 Å². The van der Waals surface area contributed by atoms with E-state index >= 15 is 0 Å². The largest absolute Gasteiger partial charge is 0.497 e. The van der Waals surface area contributed by atoms with Gasteiger partial charge in [0, 0.05) is 18.7 Å². The summed E-state index contributed by atoms with van der Waals surface area (Å²) in [4.78, 5) is 24.6. The molecule has 0 bridgehead atoms. The monoisotopic (exact) mass is 432 g/mol. The molecule has 1 amide bonds. The van der Waals surface area contributed by atoms with Crippen LogP contribution in [0.3, 0.4) is 0 Å².